The average molecular weight is 348 g/mol. The van der Waals surface area contributed by atoms with E-state index in [-0.39, 0.29) is 24.2 Å². The summed E-state index contributed by atoms with van der Waals surface area (Å²) in [4.78, 5) is 16.9. The lowest BCUT2D eigenvalue weighted by atomic mass is 9.99. The van der Waals surface area contributed by atoms with E-state index in [2.05, 4.69) is 25.8 Å². The molecule has 7 heteroatoms. The number of nitrogens with zero attached hydrogens (tertiary/aromatic N) is 2. The number of piperidine rings is 1. The van der Waals surface area contributed by atoms with Crippen LogP contribution in [-0.4, -0.2) is 34.2 Å². The predicted octanol–water partition coefficient (Wildman–Crippen LogP) is 2.71. The lowest BCUT2D eigenvalue weighted by Crippen LogP contribution is -2.37. The number of benzene rings is 1. The van der Waals surface area contributed by atoms with Gasteiger partial charge in [0.15, 0.2) is 5.82 Å². The van der Waals surface area contributed by atoms with E-state index in [4.69, 9.17) is 0 Å². The smallest absolute Gasteiger partial charge is 0.228 e. The van der Waals surface area contributed by atoms with Gasteiger partial charge >= 0.3 is 0 Å². The van der Waals surface area contributed by atoms with Crippen LogP contribution in [0.4, 0.5) is 5.69 Å². The number of aromatic amines is 1. The standard InChI is InChI=1S/C17H21N5O.ClH/c23-17(13-4-2-8-18-10-13)19-14-5-1-3-12(9-14)16-20-15(21-22-16)11-6-7-11;/h1,3,5,9,11,13,18H,2,4,6-8,10H2,(H,19,23)(H,20,21,22);1H. The minimum atomic E-state index is 0. The molecule has 3 N–H and O–H groups in total. The van der Waals surface area contributed by atoms with Crippen LogP contribution in [0.3, 0.4) is 0 Å². The third kappa shape index (κ3) is 3.76. The Morgan fingerprint density at radius 1 is 1.25 bits per heavy atom. The Morgan fingerprint density at radius 2 is 2.12 bits per heavy atom. The van der Waals surface area contributed by atoms with Crippen LogP contribution in [0.5, 0.6) is 0 Å². The van der Waals surface area contributed by atoms with Crippen molar-refractivity contribution in [2.75, 3.05) is 18.4 Å². The first-order valence-electron chi connectivity index (χ1n) is 8.34. The first-order valence-corrected chi connectivity index (χ1v) is 8.34. The molecule has 0 radical (unpaired) electrons. The van der Waals surface area contributed by atoms with E-state index >= 15 is 0 Å². The maximum atomic E-state index is 12.3. The summed E-state index contributed by atoms with van der Waals surface area (Å²) < 4.78 is 0. The van der Waals surface area contributed by atoms with Crippen molar-refractivity contribution < 1.29 is 4.79 Å². The number of carbonyl (C=O) groups is 1. The number of anilines is 1. The first-order chi connectivity index (χ1) is 11.3. The van der Waals surface area contributed by atoms with E-state index in [0.29, 0.717) is 11.7 Å². The number of aromatic nitrogens is 3. The minimum Gasteiger partial charge on any atom is -0.326 e. The van der Waals surface area contributed by atoms with Crippen LogP contribution in [0.1, 0.15) is 37.4 Å². The van der Waals surface area contributed by atoms with E-state index in [1.165, 1.54) is 12.8 Å². The van der Waals surface area contributed by atoms with Gasteiger partial charge in [-0.1, -0.05) is 12.1 Å². The lowest BCUT2D eigenvalue weighted by Gasteiger charge is -2.21. The largest absolute Gasteiger partial charge is 0.326 e. The third-order valence-electron chi connectivity index (χ3n) is 4.52. The van der Waals surface area contributed by atoms with Gasteiger partial charge < -0.3 is 10.6 Å². The van der Waals surface area contributed by atoms with Crippen LogP contribution in [0.25, 0.3) is 11.4 Å². The zero-order valence-electron chi connectivity index (χ0n) is 13.4. The SMILES string of the molecule is Cl.O=C(Nc1cccc(-c2n[nH]c(C3CC3)n2)c1)C1CCCNC1. The van der Waals surface area contributed by atoms with Crippen LogP contribution >= 0.6 is 12.4 Å². The molecule has 1 amide bonds. The fourth-order valence-electron chi connectivity index (χ4n) is 3.00. The second-order valence-electron chi connectivity index (χ2n) is 6.43. The van der Waals surface area contributed by atoms with Crippen molar-refractivity contribution in [2.45, 2.75) is 31.6 Å². The molecular formula is C17H22ClN5O. The van der Waals surface area contributed by atoms with E-state index in [1.54, 1.807) is 0 Å². The highest BCUT2D eigenvalue weighted by molar-refractivity contribution is 5.93. The van der Waals surface area contributed by atoms with Crippen LogP contribution in [-0.2, 0) is 4.79 Å². The van der Waals surface area contributed by atoms with Crippen LogP contribution < -0.4 is 10.6 Å². The second kappa shape index (κ2) is 7.32. The van der Waals surface area contributed by atoms with E-state index < -0.39 is 0 Å². The Labute approximate surface area is 147 Å². The fourth-order valence-corrected chi connectivity index (χ4v) is 3.00. The topological polar surface area (TPSA) is 82.7 Å². The van der Waals surface area contributed by atoms with Gasteiger partial charge in [-0.25, -0.2) is 4.98 Å². The number of amides is 1. The van der Waals surface area contributed by atoms with Gasteiger partial charge in [0.2, 0.25) is 5.91 Å². The molecule has 2 heterocycles. The summed E-state index contributed by atoms with van der Waals surface area (Å²) >= 11 is 0. The Bertz CT molecular complexity index is 707. The van der Waals surface area contributed by atoms with Gasteiger partial charge in [-0.15, -0.1) is 12.4 Å². The molecule has 1 aromatic heterocycles. The van der Waals surface area contributed by atoms with Gasteiger partial charge in [0, 0.05) is 23.7 Å². The molecule has 6 nitrogen and oxygen atoms in total. The average Bonchev–Trinajstić information content (AvgIpc) is 3.33. The highest BCUT2D eigenvalue weighted by Gasteiger charge is 2.27. The summed E-state index contributed by atoms with van der Waals surface area (Å²) in [6.07, 6.45) is 4.39. The number of hydrogen-bond donors (Lipinski definition) is 3. The summed E-state index contributed by atoms with van der Waals surface area (Å²) in [6.45, 7) is 1.77. The first kappa shape index (κ1) is 16.9. The number of rotatable bonds is 4. The van der Waals surface area contributed by atoms with Crippen molar-refractivity contribution in [2.24, 2.45) is 5.92 Å². The maximum Gasteiger partial charge on any atom is 0.228 e. The molecule has 24 heavy (non-hydrogen) atoms. The van der Waals surface area contributed by atoms with E-state index in [1.807, 2.05) is 24.3 Å². The van der Waals surface area contributed by atoms with Crippen molar-refractivity contribution in [3.05, 3.63) is 30.1 Å². The molecule has 1 unspecified atom stereocenters. The van der Waals surface area contributed by atoms with E-state index in [9.17, 15) is 4.79 Å². The summed E-state index contributed by atoms with van der Waals surface area (Å²) in [5.41, 5.74) is 1.73. The van der Waals surface area contributed by atoms with Crippen molar-refractivity contribution in [1.29, 1.82) is 0 Å². The zero-order valence-corrected chi connectivity index (χ0v) is 14.2. The molecule has 1 aromatic carbocycles. The molecule has 1 atom stereocenters. The van der Waals surface area contributed by atoms with Crippen molar-refractivity contribution in [3.63, 3.8) is 0 Å². The molecule has 2 aromatic rings. The van der Waals surface area contributed by atoms with Gasteiger partial charge in [-0.05, 0) is 44.4 Å². The van der Waals surface area contributed by atoms with Crippen molar-refractivity contribution in [3.8, 4) is 11.4 Å². The number of nitrogens with one attached hydrogen (secondary N) is 3. The van der Waals surface area contributed by atoms with Crippen LogP contribution in [0.15, 0.2) is 24.3 Å². The molecule has 2 aliphatic rings. The molecule has 2 fully saturated rings. The predicted molar refractivity (Wildman–Crippen MR) is 95.3 cm³/mol. The summed E-state index contributed by atoms with van der Waals surface area (Å²) in [5.74, 6) is 2.36. The Hall–Kier alpha value is -1.92. The third-order valence-corrected chi connectivity index (χ3v) is 4.52. The molecule has 0 spiro atoms. The zero-order chi connectivity index (χ0) is 15.6. The van der Waals surface area contributed by atoms with Gasteiger partial charge in [0.1, 0.15) is 5.82 Å². The van der Waals surface area contributed by atoms with Crippen LogP contribution in [0, 0.1) is 5.92 Å². The highest BCUT2D eigenvalue weighted by atomic mass is 35.5. The van der Waals surface area contributed by atoms with Crippen LogP contribution in [0.2, 0.25) is 0 Å². The number of carbonyl (C=O) groups excluding carboxylic acids is 1. The number of halogens is 1. The van der Waals surface area contributed by atoms with Crippen molar-refractivity contribution >= 4 is 24.0 Å². The van der Waals surface area contributed by atoms with Gasteiger partial charge in [0.05, 0.1) is 5.92 Å². The summed E-state index contributed by atoms with van der Waals surface area (Å²) in [5, 5.41) is 13.6. The molecule has 1 aliphatic carbocycles. The number of hydrogen-bond acceptors (Lipinski definition) is 4. The molecule has 0 bridgehead atoms. The minimum absolute atomic E-state index is 0. The molecule has 1 saturated heterocycles. The molecule has 128 valence electrons. The van der Waals surface area contributed by atoms with Gasteiger partial charge in [-0.3, -0.25) is 9.89 Å². The van der Waals surface area contributed by atoms with Crippen molar-refractivity contribution in [1.82, 2.24) is 20.5 Å². The summed E-state index contributed by atoms with van der Waals surface area (Å²) in [6, 6.07) is 7.75. The Balaban J connectivity index is 0.00000169. The van der Waals surface area contributed by atoms with Gasteiger partial charge in [0.25, 0.3) is 0 Å². The molecule has 1 aliphatic heterocycles. The normalized spacial score (nSPS) is 20.2. The second-order valence-corrected chi connectivity index (χ2v) is 6.43. The summed E-state index contributed by atoms with van der Waals surface area (Å²) in [7, 11) is 0. The lowest BCUT2D eigenvalue weighted by molar-refractivity contribution is -0.120. The Morgan fingerprint density at radius 3 is 2.88 bits per heavy atom. The molecular weight excluding hydrogens is 326 g/mol. The highest BCUT2D eigenvalue weighted by Crippen LogP contribution is 2.38. The molecule has 1 saturated carbocycles. The molecule has 4 rings (SSSR count). The monoisotopic (exact) mass is 347 g/mol. The quantitative estimate of drug-likeness (QED) is 0.794. The van der Waals surface area contributed by atoms with E-state index in [0.717, 1.165) is 43.0 Å². The number of H-pyrrole nitrogens is 1. The maximum absolute atomic E-state index is 12.3. The fraction of sp³-hybridized carbons (Fsp3) is 0.471. The van der Waals surface area contributed by atoms with Gasteiger partial charge in [-0.2, -0.15) is 5.10 Å². The Kier molecular flexibility index (Phi) is 5.16.